The van der Waals surface area contributed by atoms with Crippen LogP contribution in [-0.4, -0.2) is 39.2 Å². The Bertz CT molecular complexity index is 1220. The zero-order chi connectivity index (χ0) is 22.6. The first kappa shape index (κ1) is 21.0. The fourth-order valence-corrected chi connectivity index (χ4v) is 5.23. The summed E-state index contributed by atoms with van der Waals surface area (Å²) in [6.07, 6.45) is 0.445. The van der Waals surface area contributed by atoms with Crippen molar-refractivity contribution in [1.29, 1.82) is 0 Å². The molecule has 2 aromatic heterocycles. The van der Waals surface area contributed by atoms with E-state index in [-0.39, 0.29) is 36.1 Å². The predicted octanol–water partition coefficient (Wildman–Crippen LogP) is 2.72. The van der Waals surface area contributed by atoms with Gasteiger partial charge in [0.05, 0.1) is 32.3 Å². The summed E-state index contributed by atoms with van der Waals surface area (Å²) in [5, 5.41) is 2.89. The van der Waals surface area contributed by atoms with E-state index in [9.17, 15) is 14.4 Å². The standard InChI is InChI=1S/C21H18Br2N6O3/c22-11-7-13(26-17(11)23)18(30)25-8-9-6-12-16(28-21(24)27-12)15-14(9)19(31)29(20(15)32)10-4-2-1-3-5-10/h1-5,7,9,14-15,26H,6,8H2,(H,25,30)(H3,24,27,28)/t9-,14+,15+/m1/s1. The van der Waals surface area contributed by atoms with E-state index in [0.717, 1.165) is 10.2 Å². The maximum atomic E-state index is 13.4. The van der Waals surface area contributed by atoms with Crippen LogP contribution in [0.1, 0.15) is 27.8 Å². The highest BCUT2D eigenvalue weighted by Gasteiger charge is 2.56. The number of nitrogen functional groups attached to an aromatic ring is 1. The molecule has 11 heteroatoms. The minimum Gasteiger partial charge on any atom is -0.369 e. The van der Waals surface area contributed by atoms with E-state index in [1.165, 1.54) is 4.90 Å². The van der Waals surface area contributed by atoms with Crippen LogP contribution in [0.4, 0.5) is 11.6 Å². The molecule has 0 bridgehead atoms. The van der Waals surface area contributed by atoms with Crippen molar-refractivity contribution in [2.24, 2.45) is 11.8 Å². The summed E-state index contributed by atoms with van der Waals surface area (Å²) in [5.41, 5.74) is 8.01. The molecule has 5 rings (SSSR count). The number of nitrogens with one attached hydrogen (secondary N) is 3. The number of H-pyrrole nitrogens is 2. The Balaban J connectivity index is 1.45. The molecule has 2 aliphatic rings. The van der Waals surface area contributed by atoms with Crippen molar-refractivity contribution >= 4 is 61.2 Å². The van der Waals surface area contributed by atoms with Gasteiger partial charge in [-0.25, -0.2) is 9.88 Å². The van der Waals surface area contributed by atoms with Gasteiger partial charge in [0.1, 0.15) is 5.69 Å². The molecule has 3 heterocycles. The second-order valence-corrected chi connectivity index (χ2v) is 9.50. The lowest BCUT2D eigenvalue weighted by atomic mass is 9.73. The lowest BCUT2D eigenvalue weighted by Crippen LogP contribution is -2.40. The smallest absolute Gasteiger partial charge is 0.267 e. The third-order valence-electron chi connectivity index (χ3n) is 5.96. The maximum absolute atomic E-state index is 13.4. The second-order valence-electron chi connectivity index (χ2n) is 7.86. The van der Waals surface area contributed by atoms with Crippen LogP contribution < -0.4 is 16.0 Å². The van der Waals surface area contributed by atoms with Crippen molar-refractivity contribution in [1.82, 2.24) is 20.3 Å². The maximum Gasteiger partial charge on any atom is 0.267 e. The highest BCUT2D eigenvalue weighted by molar-refractivity contribution is 9.13. The lowest BCUT2D eigenvalue weighted by molar-refractivity contribution is -0.123. The van der Waals surface area contributed by atoms with Gasteiger partial charge >= 0.3 is 0 Å². The molecule has 3 amide bonds. The van der Waals surface area contributed by atoms with Crippen molar-refractivity contribution in [3.8, 4) is 0 Å². The molecule has 0 spiro atoms. The average Bonchev–Trinajstić information content (AvgIpc) is 3.39. The molecule has 1 aliphatic carbocycles. The molecule has 1 fully saturated rings. The van der Waals surface area contributed by atoms with E-state index in [0.29, 0.717) is 28.1 Å². The molecule has 1 saturated heterocycles. The molecule has 9 nitrogen and oxygen atoms in total. The number of aromatic amines is 2. The Labute approximate surface area is 199 Å². The number of imide groups is 1. The molecule has 164 valence electrons. The normalized spacial score (nSPS) is 22.1. The van der Waals surface area contributed by atoms with Crippen LogP contribution >= 0.6 is 31.9 Å². The Morgan fingerprint density at radius 2 is 1.94 bits per heavy atom. The van der Waals surface area contributed by atoms with E-state index in [1.807, 2.05) is 6.07 Å². The quantitative estimate of drug-likeness (QED) is 0.363. The van der Waals surface area contributed by atoms with E-state index in [4.69, 9.17) is 5.73 Å². The molecule has 0 unspecified atom stereocenters. The summed E-state index contributed by atoms with van der Waals surface area (Å²) in [7, 11) is 0. The molecule has 0 saturated carbocycles. The van der Waals surface area contributed by atoms with Gasteiger partial charge in [-0.3, -0.25) is 14.4 Å². The van der Waals surface area contributed by atoms with Crippen LogP contribution in [0.3, 0.4) is 0 Å². The third-order valence-corrected chi connectivity index (χ3v) is 7.74. The van der Waals surface area contributed by atoms with Crippen molar-refractivity contribution in [3.63, 3.8) is 0 Å². The summed E-state index contributed by atoms with van der Waals surface area (Å²) in [6, 6.07) is 10.5. The Morgan fingerprint density at radius 3 is 2.62 bits per heavy atom. The molecule has 1 aromatic carbocycles. The van der Waals surface area contributed by atoms with Crippen LogP contribution in [-0.2, 0) is 16.0 Å². The van der Waals surface area contributed by atoms with Crippen molar-refractivity contribution in [2.75, 3.05) is 17.2 Å². The number of halogens is 2. The Hall–Kier alpha value is -2.92. The van der Waals surface area contributed by atoms with E-state index >= 15 is 0 Å². The van der Waals surface area contributed by atoms with Gasteiger partial charge in [-0.2, -0.15) is 0 Å². The largest absolute Gasteiger partial charge is 0.369 e. The van der Waals surface area contributed by atoms with Crippen molar-refractivity contribution in [2.45, 2.75) is 12.3 Å². The van der Waals surface area contributed by atoms with Gasteiger partial charge in [0.2, 0.25) is 11.8 Å². The number of fused-ring (bicyclic) bond motifs is 3. The summed E-state index contributed by atoms with van der Waals surface area (Å²) in [5.74, 6) is -2.40. The molecular weight excluding hydrogens is 544 g/mol. The number of imidazole rings is 1. The van der Waals surface area contributed by atoms with Gasteiger partial charge in [0.15, 0.2) is 5.95 Å². The van der Waals surface area contributed by atoms with Crippen LogP contribution in [0.2, 0.25) is 0 Å². The number of nitrogens with two attached hydrogens (primary N) is 1. The number of benzene rings is 1. The zero-order valence-electron chi connectivity index (χ0n) is 16.6. The van der Waals surface area contributed by atoms with Crippen molar-refractivity contribution in [3.05, 3.63) is 62.6 Å². The fourth-order valence-electron chi connectivity index (χ4n) is 4.58. The first-order chi connectivity index (χ1) is 15.3. The number of rotatable bonds is 4. The minimum atomic E-state index is -0.740. The number of carbonyl (C=O) groups is 3. The summed E-state index contributed by atoms with van der Waals surface area (Å²) < 4.78 is 1.39. The van der Waals surface area contributed by atoms with Gasteiger partial charge in [0.25, 0.3) is 5.91 Å². The van der Waals surface area contributed by atoms with Crippen LogP contribution in [0.5, 0.6) is 0 Å². The number of amides is 3. The van der Waals surface area contributed by atoms with E-state index < -0.39 is 11.8 Å². The molecule has 1 aliphatic heterocycles. The topological polar surface area (TPSA) is 137 Å². The van der Waals surface area contributed by atoms with E-state index in [2.05, 4.69) is 52.1 Å². The van der Waals surface area contributed by atoms with Gasteiger partial charge in [-0.05, 0) is 62.4 Å². The SMILES string of the molecule is Nc1nc2c([nH]1)C[C@H](CNC(=O)c1cc(Br)c(Br)[nH]1)[C@@H]1C(=O)N(c3ccccc3)C(=O)[C@H]21. The number of hydrogen-bond acceptors (Lipinski definition) is 5. The number of nitrogens with zero attached hydrogens (tertiary/aromatic N) is 2. The molecular formula is C21H18Br2N6O3. The monoisotopic (exact) mass is 560 g/mol. The predicted molar refractivity (Wildman–Crippen MR) is 124 cm³/mol. The molecule has 3 atom stereocenters. The number of carbonyl (C=O) groups excluding carboxylic acids is 3. The van der Waals surface area contributed by atoms with Crippen molar-refractivity contribution < 1.29 is 14.4 Å². The number of hydrogen-bond donors (Lipinski definition) is 4. The van der Waals surface area contributed by atoms with Gasteiger partial charge in [-0.1, -0.05) is 18.2 Å². The fraction of sp³-hybridized carbons (Fsp3) is 0.238. The van der Waals surface area contributed by atoms with E-state index in [1.54, 1.807) is 30.3 Å². The number of para-hydroxylation sites is 1. The number of aromatic nitrogens is 3. The minimum absolute atomic E-state index is 0.206. The Kier molecular flexibility index (Phi) is 5.17. The second kappa shape index (κ2) is 7.89. The summed E-state index contributed by atoms with van der Waals surface area (Å²) in [6.45, 7) is 0.217. The lowest BCUT2D eigenvalue weighted by Gasteiger charge is -2.29. The first-order valence-electron chi connectivity index (χ1n) is 9.94. The van der Waals surface area contributed by atoms with Gasteiger partial charge in [-0.15, -0.1) is 0 Å². The van der Waals surface area contributed by atoms with Crippen LogP contribution in [0, 0.1) is 11.8 Å². The molecule has 5 N–H and O–H groups in total. The highest BCUT2D eigenvalue weighted by Crippen LogP contribution is 2.46. The number of anilines is 2. The summed E-state index contributed by atoms with van der Waals surface area (Å²) in [4.78, 5) is 51.0. The molecule has 3 aromatic rings. The molecule has 32 heavy (non-hydrogen) atoms. The first-order valence-corrected chi connectivity index (χ1v) is 11.5. The van der Waals surface area contributed by atoms with Gasteiger partial charge < -0.3 is 21.0 Å². The van der Waals surface area contributed by atoms with Gasteiger partial charge in [0, 0.05) is 12.2 Å². The molecule has 0 radical (unpaired) electrons. The average molecular weight is 562 g/mol. The zero-order valence-corrected chi connectivity index (χ0v) is 19.7. The summed E-state index contributed by atoms with van der Waals surface area (Å²) >= 11 is 6.66. The van der Waals surface area contributed by atoms with Crippen LogP contribution in [0.15, 0.2) is 45.5 Å². The Morgan fingerprint density at radius 1 is 1.19 bits per heavy atom. The highest BCUT2D eigenvalue weighted by atomic mass is 79.9. The van der Waals surface area contributed by atoms with Crippen LogP contribution in [0.25, 0.3) is 0 Å². The third kappa shape index (κ3) is 3.36.